The third-order valence-corrected chi connectivity index (χ3v) is 2.78. The van der Waals surface area contributed by atoms with Crippen molar-refractivity contribution in [3.05, 3.63) is 0 Å². The lowest BCUT2D eigenvalue weighted by Gasteiger charge is -2.29. The normalized spacial score (nSPS) is 25.6. The molecule has 0 saturated carbocycles. The molecule has 0 aromatic carbocycles. The van der Waals surface area contributed by atoms with Gasteiger partial charge in [-0.05, 0) is 40.0 Å². The van der Waals surface area contributed by atoms with Crippen LogP contribution in [0.15, 0.2) is 0 Å². The predicted octanol–water partition coefficient (Wildman–Crippen LogP) is 1.88. The number of ether oxygens (including phenoxy) is 2. The highest BCUT2D eigenvalue weighted by molar-refractivity contribution is 5.72. The standard InChI is InChI=1S/C13H25NO3/c1-5-11-8-10(6-7-16-11)14-9-12(15)17-13(2,3)4/h10-11,14H,5-9H2,1-4H3. The number of nitrogens with one attached hydrogen (secondary N) is 1. The second-order valence-corrected chi connectivity index (χ2v) is 5.59. The van der Waals surface area contributed by atoms with Gasteiger partial charge in [0.25, 0.3) is 0 Å². The molecule has 100 valence electrons. The third kappa shape index (κ3) is 6.03. The molecule has 1 heterocycles. The summed E-state index contributed by atoms with van der Waals surface area (Å²) in [6.45, 7) is 8.84. The van der Waals surface area contributed by atoms with Crippen LogP contribution in [0, 0.1) is 0 Å². The predicted molar refractivity (Wildman–Crippen MR) is 66.9 cm³/mol. The van der Waals surface area contributed by atoms with Crippen molar-refractivity contribution >= 4 is 5.97 Å². The molecule has 4 nitrogen and oxygen atoms in total. The summed E-state index contributed by atoms with van der Waals surface area (Å²) < 4.78 is 10.8. The van der Waals surface area contributed by atoms with E-state index < -0.39 is 5.60 Å². The second-order valence-electron chi connectivity index (χ2n) is 5.59. The van der Waals surface area contributed by atoms with Crippen LogP contribution in [0.3, 0.4) is 0 Å². The Bertz CT molecular complexity index is 248. The quantitative estimate of drug-likeness (QED) is 0.766. The second kappa shape index (κ2) is 6.36. The molecular formula is C13H25NO3. The number of hydrogen-bond acceptors (Lipinski definition) is 4. The van der Waals surface area contributed by atoms with Gasteiger partial charge in [0, 0.05) is 12.6 Å². The van der Waals surface area contributed by atoms with E-state index >= 15 is 0 Å². The van der Waals surface area contributed by atoms with Gasteiger partial charge in [-0.3, -0.25) is 4.79 Å². The molecule has 2 atom stereocenters. The number of esters is 1. The number of hydrogen-bond donors (Lipinski definition) is 1. The monoisotopic (exact) mass is 243 g/mol. The van der Waals surface area contributed by atoms with E-state index in [2.05, 4.69) is 12.2 Å². The summed E-state index contributed by atoms with van der Waals surface area (Å²) in [6.07, 6.45) is 3.32. The van der Waals surface area contributed by atoms with Gasteiger partial charge >= 0.3 is 5.97 Å². The summed E-state index contributed by atoms with van der Waals surface area (Å²) in [5.41, 5.74) is -0.402. The smallest absolute Gasteiger partial charge is 0.320 e. The summed E-state index contributed by atoms with van der Waals surface area (Å²) in [6, 6.07) is 0.376. The molecule has 1 rings (SSSR count). The first-order valence-corrected chi connectivity index (χ1v) is 6.47. The molecule has 0 amide bonds. The molecule has 0 aliphatic carbocycles. The Morgan fingerprint density at radius 1 is 1.47 bits per heavy atom. The van der Waals surface area contributed by atoms with Crippen molar-refractivity contribution in [2.24, 2.45) is 0 Å². The lowest BCUT2D eigenvalue weighted by Crippen LogP contribution is -2.42. The first-order valence-electron chi connectivity index (χ1n) is 6.47. The van der Waals surface area contributed by atoms with E-state index in [1.165, 1.54) is 0 Å². The van der Waals surface area contributed by atoms with Crippen LogP contribution >= 0.6 is 0 Å². The highest BCUT2D eigenvalue weighted by Gasteiger charge is 2.22. The summed E-state index contributed by atoms with van der Waals surface area (Å²) >= 11 is 0. The van der Waals surface area contributed by atoms with Gasteiger partial charge in [-0.25, -0.2) is 0 Å². The van der Waals surface area contributed by atoms with Crippen molar-refractivity contribution < 1.29 is 14.3 Å². The molecule has 0 radical (unpaired) electrons. The molecule has 4 heteroatoms. The molecule has 1 saturated heterocycles. The maximum absolute atomic E-state index is 11.5. The van der Waals surface area contributed by atoms with Crippen molar-refractivity contribution in [1.82, 2.24) is 5.32 Å². The molecule has 0 bridgehead atoms. The Labute approximate surface area is 104 Å². The van der Waals surface area contributed by atoms with E-state index in [-0.39, 0.29) is 5.97 Å². The molecule has 0 aromatic heterocycles. The van der Waals surface area contributed by atoms with Gasteiger partial charge in [0.05, 0.1) is 12.6 Å². The minimum absolute atomic E-state index is 0.183. The molecule has 0 spiro atoms. The van der Waals surface area contributed by atoms with Crippen molar-refractivity contribution in [3.63, 3.8) is 0 Å². The molecule has 1 N–H and O–H groups in total. The van der Waals surface area contributed by atoms with Gasteiger partial charge in [-0.2, -0.15) is 0 Å². The fraction of sp³-hybridized carbons (Fsp3) is 0.923. The van der Waals surface area contributed by atoms with Gasteiger partial charge < -0.3 is 14.8 Å². The van der Waals surface area contributed by atoms with Gasteiger partial charge in [0.2, 0.25) is 0 Å². The van der Waals surface area contributed by atoms with Gasteiger partial charge in [0.15, 0.2) is 0 Å². The Hall–Kier alpha value is -0.610. The first kappa shape index (κ1) is 14.5. The fourth-order valence-corrected chi connectivity index (χ4v) is 1.96. The van der Waals surface area contributed by atoms with Crippen LogP contribution in [0.5, 0.6) is 0 Å². The molecule has 1 aliphatic rings. The van der Waals surface area contributed by atoms with Gasteiger partial charge in [-0.15, -0.1) is 0 Å². The zero-order chi connectivity index (χ0) is 12.9. The van der Waals surface area contributed by atoms with Crippen molar-refractivity contribution in [2.45, 2.75) is 64.7 Å². The fourth-order valence-electron chi connectivity index (χ4n) is 1.96. The number of rotatable bonds is 4. The summed E-state index contributed by atoms with van der Waals surface area (Å²) in [5.74, 6) is -0.183. The zero-order valence-corrected chi connectivity index (χ0v) is 11.4. The van der Waals surface area contributed by atoms with Crippen molar-refractivity contribution in [2.75, 3.05) is 13.2 Å². The topological polar surface area (TPSA) is 47.6 Å². The van der Waals surface area contributed by atoms with Crippen molar-refractivity contribution in [1.29, 1.82) is 0 Å². The SMILES string of the molecule is CCC1CC(NCC(=O)OC(C)(C)C)CCO1. The molecule has 1 fully saturated rings. The first-order chi connectivity index (χ1) is 7.90. The Kier molecular flexibility index (Phi) is 5.40. The molecule has 1 aliphatic heterocycles. The lowest BCUT2D eigenvalue weighted by atomic mass is 10.0. The molecule has 0 aromatic rings. The third-order valence-electron chi connectivity index (χ3n) is 2.78. The van der Waals surface area contributed by atoms with Gasteiger partial charge in [0.1, 0.15) is 5.60 Å². The van der Waals surface area contributed by atoms with E-state index in [0.717, 1.165) is 25.9 Å². The highest BCUT2D eigenvalue weighted by Crippen LogP contribution is 2.16. The minimum Gasteiger partial charge on any atom is -0.459 e. The van der Waals surface area contributed by atoms with E-state index in [1.807, 2.05) is 20.8 Å². The Balaban J connectivity index is 2.23. The van der Waals surface area contributed by atoms with Crippen LogP contribution in [-0.4, -0.2) is 36.9 Å². The van der Waals surface area contributed by atoms with Crippen LogP contribution in [-0.2, 0) is 14.3 Å². The average molecular weight is 243 g/mol. The van der Waals surface area contributed by atoms with Crippen LogP contribution in [0.4, 0.5) is 0 Å². The maximum Gasteiger partial charge on any atom is 0.320 e. The Morgan fingerprint density at radius 2 is 2.18 bits per heavy atom. The summed E-state index contributed by atoms with van der Waals surface area (Å²) in [4.78, 5) is 11.5. The Morgan fingerprint density at radius 3 is 2.76 bits per heavy atom. The minimum atomic E-state index is -0.402. The van der Waals surface area contributed by atoms with Crippen LogP contribution in [0.25, 0.3) is 0 Å². The van der Waals surface area contributed by atoms with E-state index in [1.54, 1.807) is 0 Å². The van der Waals surface area contributed by atoms with Crippen molar-refractivity contribution in [3.8, 4) is 0 Å². The highest BCUT2D eigenvalue weighted by atomic mass is 16.6. The molecular weight excluding hydrogens is 218 g/mol. The molecule has 2 unspecified atom stereocenters. The van der Waals surface area contributed by atoms with E-state index in [9.17, 15) is 4.79 Å². The lowest BCUT2D eigenvalue weighted by molar-refractivity contribution is -0.154. The summed E-state index contributed by atoms with van der Waals surface area (Å²) in [5, 5.41) is 3.25. The number of carbonyl (C=O) groups is 1. The largest absolute Gasteiger partial charge is 0.459 e. The van der Waals surface area contributed by atoms with Crippen LogP contribution in [0.1, 0.15) is 47.0 Å². The average Bonchev–Trinajstić information content (AvgIpc) is 2.24. The van der Waals surface area contributed by atoms with Crippen LogP contribution in [0.2, 0.25) is 0 Å². The van der Waals surface area contributed by atoms with E-state index in [4.69, 9.17) is 9.47 Å². The molecule has 17 heavy (non-hydrogen) atoms. The van der Waals surface area contributed by atoms with Crippen LogP contribution < -0.4 is 5.32 Å². The van der Waals surface area contributed by atoms with E-state index in [0.29, 0.717) is 18.7 Å². The maximum atomic E-state index is 11.5. The zero-order valence-electron chi connectivity index (χ0n) is 11.4. The summed E-state index contributed by atoms with van der Waals surface area (Å²) in [7, 11) is 0. The van der Waals surface area contributed by atoms with Gasteiger partial charge in [-0.1, -0.05) is 6.92 Å². The number of carbonyl (C=O) groups excluding carboxylic acids is 1.